The smallest absolute Gasteiger partial charge is 0.328 e. The minimum atomic E-state index is -0.0476. The summed E-state index contributed by atoms with van der Waals surface area (Å²) >= 11 is 0. The molecule has 0 spiro atoms. The monoisotopic (exact) mass is 284 g/mol. The van der Waals surface area contributed by atoms with Crippen molar-refractivity contribution in [3.8, 4) is 5.75 Å². The fourth-order valence-corrected chi connectivity index (χ4v) is 2.32. The molecular weight excluding hydrogens is 268 g/mol. The van der Waals surface area contributed by atoms with Crippen molar-refractivity contribution in [1.82, 2.24) is 19.1 Å². The fourth-order valence-electron chi connectivity index (χ4n) is 2.32. The van der Waals surface area contributed by atoms with Crippen molar-refractivity contribution < 1.29 is 4.74 Å². The van der Waals surface area contributed by atoms with Gasteiger partial charge in [0.2, 0.25) is 0 Å². The third-order valence-electron chi connectivity index (χ3n) is 3.49. The highest BCUT2D eigenvalue weighted by Crippen LogP contribution is 2.20. The van der Waals surface area contributed by atoms with Gasteiger partial charge in [-0.2, -0.15) is 0 Å². The molecule has 0 saturated carbocycles. The molecule has 0 aliphatic carbocycles. The number of aromatic nitrogens is 4. The molecule has 0 saturated heterocycles. The average molecular weight is 284 g/mol. The van der Waals surface area contributed by atoms with Crippen LogP contribution in [0, 0.1) is 6.92 Å². The first-order valence-electron chi connectivity index (χ1n) is 6.62. The highest BCUT2D eigenvalue weighted by Gasteiger charge is 2.08. The predicted molar refractivity (Wildman–Crippen MR) is 79.3 cm³/mol. The van der Waals surface area contributed by atoms with Gasteiger partial charge in [0, 0.05) is 25.9 Å². The zero-order valence-electron chi connectivity index (χ0n) is 12.2. The van der Waals surface area contributed by atoms with E-state index in [2.05, 4.69) is 9.97 Å². The summed E-state index contributed by atoms with van der Waals surface area (Å²) in [5.41, 5.74) is 3.41. The van der Waals surface area contributed by atoms with Crippen molar-refractivity contribution >= 4 is 11.0 Å². The first-order chi connectivity index (χ1) is 10.1. The number of hydrogen-bond donors (Lipinski definition) is 0. The largest absolute Gasteiger partial charge is 0.487 e. The Balaban J connectivity index is 1.88. The van der Waals surface area contributed by atoms with Gasteiger partial charge in [-0.1, -0.05) is 0 Å². The van der Waals surface area contributed by atoms with E-state index in [1.165, 1.54) is 6.33 Å². The average Bonchev–Trinajstić information content (AvgIpc) is 2.70. The summed E-state index contributed by atoms with van der Waals surface area (Å²) in [4.78, 5) is 20.1. The van der Waals surface area contributed by atoms with Crippen LogP contribution in [0.4, 0.5) is 0 Å². The van der Waals surface area contributed by atoms with Crippen molar-refractivity contribution in [2.24, 2.45) is 14.1 Å². The van der Waals surface area contributed by atoms with Gasteiger partial charge in [-0.05, 0) is 25.1 Å². The van der Waals surface area contributed by atoms with E-state index in [0.29, 0.717) is 12.4 Å². The molecule has 2 aromatic heterocycles. The maximum atomic E-state index is 11.9. The van der Waals surface area contributed by atoms with Crippen LogP contribution in [0.1, 0.15) is 11.4 Å². The number of nitrogens with zero attached hydrogens (tertiary/aromatic N) is 4. The minimum absolute atomic E-state index is 0.0476. The predicted octanol–water partition coefficient (Wildman–Crippen LogP) is 1.55. The third-order valence-corrected chi connectivity index (χ3v) is 3.49. The lowest BCUT2D eigenvalue weighted by molar-refractivity contribution is 0.301. The Bertz CT molecular complexity index is 864. The molecule has 0 atom stereocenters. The Hall–Kier alpha value is -2.63. The SMILES string of the molecule is Cc1cc(COc2ccc3c(c2)n(C)c(=O)n3C)ncn1. The molecule has 0 aliphatic heterocycles. The van der Waals surface area contributed by atoms with E-state index < -0.39 is 0 Å². The van der Waals surface area contributed by atoms with Gasteiger partial charge < -0.3 is 4.74 Å². The van der Waals surface area contributed by atoms with E-state index in [4.69, 9.17) is 4.74 Å². The quantitative estimate of drug-likeness (QED) is 0.732. The summed E-state index contributed by atoms with van der Waals surface area (Å²) in [6.07, 6.45) is 1.53. The molecule has 6 nitrogen and oxygen atoms in total. The summed E-state index contributed by atoms with van der Waals surface area (Å²) in [6, 6.07) is 7.49. The van der Waals surface area contributed by atoms with Gasteiger partial charge in [0.05, 0.1) is 16.7 Å². The van der Waals surface area contributed by atoms with Crippen molar-refractivity contribution in [1.29, 1.82) is 0 Å². The molecule has 3 rings (SSSR count). The topological polar surface area (TPSA) is 61.9 Å². The van der Waals surface area contributed by atoms with Gasteiger partial charge in [-0.15, -0.1) is 0 Å². The Kier molecular flexibility index (Phi) is 3.21. The number of hydrogen-bond acceptors (Lipinski definition) is 4. The van der Waals surface area contributed by atoms with Gasteiger partial charge in [0.25, 0.3) is 0 Å². The first kappa shape index (κ1) is 13.4. The molecule has 21 heavy (non-hydrogen) atoms. The summed E-state index contributed by atoms with van der Waals surface area (Å²) in [5.74, 6) is 0.708. The van der Waals surface area contributed by atoms with E-state index in [-0.39, 0.29) is 5.69 Å². The second kappa shape index (κ2) is 5.05. The lowest BCUT2D eigenvalue weighted by Crippen LogP contribution is -2.19. The molecule has 1 aromatic carbocycles. The maximum absolute atomic E-state index is 11.9. The second-order valence-corrected chi connectivity index (χ2v) is 4.99. The van der Waals surface area contributed by atoms with Gasteiger partial charge in [-0.25, -0.2) is 14.8 Å². The molecule has 0 amide bonds. The molecule has 2 heterocycles. The molecule has 0 aliphatic rings. The Labute approximate surface area is 121 Å². The summed E-state index contributed by atoms with van der Waals surface area (Å²) in [5, 5.41) is 0. The zero-order chi connectivity index (χ0) is 15.0. The molecule has 0 radical (unpaired) electrons. The summed E-state index contributed by atoms with van der Waals surface area (Å²) < 4.78 is 8.97. The molecule has 3 aromatic rings. The number of rotatable bonds is 3. The lowest BCUT2D eigenvalue weighted by Gasteiger charge is -2.06. The van der Waals surface area contributed by atoms with Crippen LogP contribution >= 0.6 is 0 Å². The van der Waals surface area contributed by atoms with Crippen LogP contribution in [-0.2, 0) is 20.7 Å². The number of imidazole rings is 1. The second-order valence-electron chi connectivity index (χ2n) is 4.99. The van der Waals surface area contributed by atoms with E-state index in [1.54, 1.807) is 23.2 Å². The van der Waals surface area contributed by atoms with Crippen LogP contribution in [0.25, 0.3) is 11.0 Å². The Morgan fingerprint density at radius 1 is 1.10 bits per heavy atom. The van der Waals surface area contributed by atoms with Crippen molar-refractivity contribution in [3.63, 3.8) is 0 Å². The molecule has 108 valence electrons. The Morgan fingerprint density at radius 3 is 2.62 bits per heavy atom. The number of aryl methyl sites for hydroxylation is 3. The fraction of sp³-hybridized carbons (Fsp3) is 0.267. The summed E-state index contributed by atoms with van der Waals surface area (Å²) in [6.45, 7) is 2.28. The normalized spacial score (nSPS) is 11.0. The molecule has 6 heteroatoms. The van der Waals surface area contributed by atoms with Crippen LogP contribution in [-0.4, -0.2) is 19.1 Å². The van der Waals surface area contributed by atoms with Crippen molar-refractivity contribution in [3.05, 3.63) is 52.5 Å². The van der Waals surface area contributed by atoms with Gasteiger partial charge in [0.1, 0.15) is 18.7 Å². The zero-order valence-corrected chi connectivity index (χ0v) is 12.2. The highest BCUT2D eigenvalue weighted by molar-refractivity contribution is 5.77. The van der Waals surface area contributed by atoms with Crippen LogP contribution in [0.5, 0.6) is 5.75 Å². The Morgan fingerprint density at radius 2 is 1.86 bits per heavy atom. The minimum Gasteiger partial charge on any atom is -0.487 e. The number of benzene rings is 1. The van der Waals surface area contributed by atoms with E-state index in [9.17, 15) is 4.79 Å². The van der Waals surface area contributed by atoms with Gasteiger partial charge >= 0.3 is 5.69 Å². The van der Waals surface area contributed by atoms with E-state index in [1.807, 2.05) is 31.2 Å². The summed E-state index contributed by atoms with van der Waals surface area (Å²) in [7, 11) is 3.51. The van der Waals surface area contributed by atoms with Crippen LogP contribution in [0.3, 0.4) is 0 Å². The number of fused-ring (bicyclic) bond motifs is 1. The molecule has 0 unspecified atom stereocenters. The molecule has 0 bridgehead atoms. The van der Waals surface area contributed by atoms with Crippen molar-refractivity contribution in [2.45, 2.75) is 13.5 Å². The van der Waals surface area contributed by atoms with Gasteiger partial charge in [-0.3, -0.25) is 9.13 Å². The lowest BCUT2D eigenvalue weighted by atomic mass is 10.3. The maximum Gasteiger partial charge on any atom is 0.328 e. The highest BCUT2D eigenvalue weighted by atomic mass is 16.5. The first-order valence-corrected chi connectivity index (χ1v) is 6.62. The van der Waals surface area contributed by atoms with Crippen LogP contribution in [0.2, 0.25) is 0 Å². The van der Waals surface area contributed by atoms with Crippen LogP contribution < -0.4 is 10.4 Å². The van der Waals surface area contributed by atoms with Gasteiger partial charge in [0.15, 0.2) is 0 Å². The third kappa shape index (κ3) is 2.40. The molecule has 0 N–H and O–H groups in total. The molecular formula is C15H16N4O2. The van der Waals surface area contributed by atoms with E-state index in [0.717, 1.165) is 22.4 Å². The van der Waals surface area contributed by atoms with Crippen LogP contribution in [0.15, 0.2) is 35.4 Å². The standard InChI is InChI=1S/C15H16N4O2/c1-10-6-11(17-9-16-10)8-21-12-4-5-13-14(7-12)19(3)15(20)18(13)2/h4-7,9H,8H2,1-3H3. The number of ether oxygens (including phenoxy) is 1. The molecule has 0 fully saturated rings. The van der Waals surface area contributed by atoms with Crippen molar-refractivity contribution in [2.75, 3.05) is 0 Å². The van der Waals surface area contributed by atoms with E-state index >= 15 is 0 Å².